The predicted octanol–water partition coefficient (Wildman–Crippen LogP) is 6.13. The van der Waals surface area contributed by atoms with E-state index in [0.717, 1.165) is 19.7 Å². The Morgan fingerprint density at radius 1 is 0.636 bits per heavy atom. The van der Waals surface area contributed by atoms with Crippen molar-refractivity contribution in [3.63, 3.8) is 0 Å². The number of rotatable bonds is 17. The molecule has 2 nitrogen and oxygen atoms in total. The van der Waals surface area contributed by atoms with Crippen molar-refractivity contribution in [2.45, 2.75) is 104 Å². The van der Waals surface area contributed by atoms with E-state index in [1.165, 1.54) is 77.0 Å². The second-order valence-corrected chi connectivity index (χ2v) is 12.1. The lowest BCUT2D eigenvalue weighted by Crippen LogP contribution is -2.30. The fourth-order valence-electron chi connectivity index (χ4n) is 2.65. The zero-order valence-corrected chi connectivity index (χ0v) is 17.0. The van der Waals surface area contributed by atoms with Crippen LogP contribution in [-0.2, 0) is 4.43 Å². The molecule has 3 heteroatoms. The van der Waals surface area contributed by atoms with E-state index in [4.69, 9.17) is 4.43 Å². The van der Waals surface area contributed by atoms with Gasteiger partial charge in [0.05, 0.1) is 0 Å². The molecule has 0 aromatic carbocycles. The molecule has 0 bridgehead atoms. The molecule has 0 unspecified atom stereocenters. The zero-order valence-electron chi connectivity index (χ0n) is 16.0. The number of unbranched alkanes of at least 4 members (excludes halogenated alkanes) is 11. The Kier molecular flexibility index (Phi) is 16.1. The number of hydrogen-bond acceptors (Lipinski definition) is 2. The summed E-state index contributed by atoms with van der Waals surface area (Å²) in [7, 11) is -1.30. The SMILES string of the molecule is CCCCCCCCCCCCCCNCCO[Si](C)(C)C. The summed E-state index contributed by atoms with van der Waals surface area (Å²) >= 11 is 0. The highest BCUT2D eigenvalue weighted by Crippen LogP contribution is 2.11. The topological polar surface area (TPSA) is 21.3 Å². The van der Waals surface area contributed by atoms with E-state index >= 15 is 0 Å². The Labute approximate surface area is 141 Å². The van der Waals surface area contributed by atoms with Gasteiger partial charge in [0.1, 0.15) is 0 Å². The first kappa shape index (κ1) is 22.1. The third-order valence-corrected chi connectivity index (χ3v) is 5.09. The van der Waals surface area contributed by atoms with Crippen LogP contribution in [0.4, 0.5) is 0 Å². The van der Waals surface area contributed by atoms with Crippen LogP contribution in [-0.4, -0.2) is 28.0 Å². The third-order valence-electron chi connectivity index (χ3n) is 4.02. The Bertz CT molecular complexity index is 216. The summed E-state index contributed by atoms with van der Waals surface area (Å²) in [6.45, 7) is 12.1. The highest BCUT2D eigenvalue weighted by molar-refractivity contribution is 6.69. The highest BCUT2D eigenvalue weighted by atomic mass is 28.4. The van der Waals surface area contributed by atoms with Gasteiger partial charge in [0, 0.05) is 13.2 Å². The fraction of sp³-hybridized carbons (Fsp3) is 1.00. The molecule has 0 atom stereocenters. The van der Waals surface area contributed by atoms with Crippen molar-refractivity contribution in [2.24, 2.45) is 0 Å². The van der Waals surface area contributed by atoms with Gasteiger partial charge in [-0.2, -0.15) is 0 Å². The molecule has 0 saturated carbocycles. The summed E-state index contributed by atoms with van der Waals surface area (Å²) < 4.78 is 5.82. The molecule has 0 aliphatic carbocycles. The average molecular weight is 330 g/mol. The Morgan fingerprint density at radius 3 is 1.55 bits per heavy atom. The van der Waals surface area contributed by atoms with Crippen LogP contribution in [0.15, 0.2) is 0 Å². The monoisotopic (exact) mass is 329 g/mol. The van der Waals surface area contributed by atoms with E-state index in [9.17, 15) is 0 Å². The third kappa shape index (κ3) is 20.1. The van der Waals surface area contributed by atoms with Crippen molar-refractivity contribution < 1.29 is 4.43 Å². The van der Waals surface area contributed by atoms with Crippen LogP contribution in [0.1, 0.15) is 84.0 Å². The van der Waals surface area contributed by atoms with E-state index in [1.807, 2.05) is 0 Å². The van der Waals surface area contributed by atoms with E-state index < -0.39 is 8.32 Å². The van der Waals surface area contributed by atoms with E-state index in [2.05, 4.69) is 31.9 Å². The predicted molar refractivity (Wildman–Crippen MR) is 103 cm³/mol. The fourth-order valence-corrected chi connectivity index (χ4v) is 3.36. The largest absolute Gasteiger partial charge is 0.416 e. The van der Waals surface area contributed by atoms with Crippen molar-refractivity contribution >= 4 is 8.32 Å². The first-order valence-corrected chi connectivity index (χ1v) is 13.3. The molecule has 0 aliphatic rings. The average Bonchev–Trinajstić information content (AvgIpc) is 2.45. The van der Waals surface area contributed by atoms with Crippen LogP contribution >= 0.6 is 0 Å². The summed E-state index contributed by atoms with van der Waals surface area (Å²) in [6, 6.07) is 0. The van der Waals surface area contributed by atoms with E-state index in [1.54, 1.807) is 0 Å². The maximum atomic E-state index is 5.82. The molecule has 0 aromatic heterocycles. The quantitative estimate of drug-likeness (QED) is 0.256. The minimum absolute atomic E-state index is 0.883. The van der Waals surface area contributed by atoms with Crippen LogP contribution in [0, 0.1) is 0 Å². The minimum atomic E-state index is -1.30. The van der Waals surface area contributed by atoms with Crippen LogP contribution in [0.2, 0.25) is 19.6 Å². The summed E-state index contributed by atoms with van der Waals surface area (Å²) in [6.07, 6.45) is 17.1. The summed E-state index contributed by atoms with van der Waals surface area (Å²) in [5.41, 5.74) is 0. The van der Waals surface area contributed by atoms with Crippen LogP contribution in [0.25, 0.3) is 0 Å². The van der Waals surface area contributed by atoms with Crippen LogP contribution in [0.3, 0.4) is 0 Å². The van der Waals surface area contributed by atoms with Gasteiger partial charge >= 0.3 is 0 Å². The highest BCUT2D eigenvalue weighted by Gasteiger charge is 2.12. The van der Waals surface area contributed by atoms with E-state index in [0.29, 0.717) is 0 Å². The lowest BCUT2D eigenvalue weighted by Gasteiger charge is -2.17. The summed E-state index contributed by atoms with van der Waals surface area (Å²) in [5.74, 6) is 0. The summed E-state index contributed by atoms with van der Waals surface area (Å²) in [5, 5.41) is 3.49. The van der Waals surface area contributed by atoms with Crippen LogP contribution in [0.5, 0.6) is 0 Å². The second kappa shape index (κ2) is 16.0. The van der Waals surface area contributed by atoms with Gasteiger partial charge in [-0.05, 0) is 32.6 Å². The molecule has 0 radical (unpaired) electrons. The zero-order chi connectivity index (χ0) is 16.5. The van der Waals surface area contributed by atoms with Gasteiger partial charge in [0.2, 0.25) is 0 Å². The Hall–Kier alpha value is 0.137. The molecular formula is C19H43NOSi. The van der Waals surface area contributed by atoms with Crippen molar-refractivity contribution in [1.29, 1.82) is 0 Å². The van der Waals surface area contributed by atoms with Crippen LogP contribution < -0.4 is 5.32 Å². The number of nitrogens with one attached hydrogen (secondary N) is 1. The minimum Gasteiger partial charge on any atom is -0.416 e. The maximum absolute atomic E-state index is 5.82. The lowest BCUT2D eigenvalue weighted by molar-refractivity contribution is 0.307. The Morgan fingerprint density at radius 2 is 1.09 bits per heavy atom. The van der Waals surface area contributed by atoms with Gasteiger partial charge < -0.3 is 9.74 Å². The molecule has 134 valence electrons. The molecule has 0 aromatic rings. The van der Waals surface area contributed by atoms with E-state index in [-0.39, 0.29) is 0 Å². The first-order chi connectivity index (χ1) is 10.6. The van der Waals surface area contributed by atoms with Crippen molar-refractivity contribution in [3.05, 3.63) is 0 Å². The molecule has 0 amide bonds. The normalized spacial score (nSPS) is 12.0. The van der Waals surface area contributed by atoms with Gasteiger partial charge in [-0.25, -0.2) is 0 Å². The van der Waals surface area contributed by atoms with Gasteiger partial charge in [0.25, 0.3) is 0 Å². The Balaban J connectivity index is 3.00. The lowest BCUT2D eigenvalue weighted by atomic mass is 10.1. The molecular weight excluding hydrogens is 286 g/mol. The van der Waals surface area contributed by atoms with Crippen molar-refractivity contribution in [2.75, 3.05) is 19.7 Å². The summed E-state index contributed by atoms with van der Waals surface area (Å²) in [4.78, 5) is 0. The van der Waals surface area contributed by atoms with Gasteiger partial charge in [-0.15, -0.1) is 0 Å². The van der Waals surface area contributed by atoms with Crippen molar-refractivity contribution in [3.8, 4) is 0 Å². The number of hydrogen-bond donors (Lipinski definition) is 1. The first-order valence-electron chi connectivity index (χ1n) is 9.91. The van der Waals surface area contributed by atoms with Gasteiger partial charge in [-0.1, -0.05) is 77.6 Å². The van der Waals surface area contributed by atoms with Gasteiger partial charge in [0.15, 0.2) is 8.32 Å². The molecule has 0 spiro atoms. The molecule has 0 fully saturated rings. The smallest absolute Gasteiger partial charge is 0.183 e. The van der Waals surface area contributed by atoms with Gasteiger partial charge in [-0.3, -0.25) is 0 Å². The second-order valence-electron chi connectivity index (χ2n) is 7.60. The molecule has 0 rings (SSSR count). The molecule has 0 aliphatic heterocycles. The molecule has 0 saturated heterocycles. The van der Waals surface area contributed by atoms with Crippen molar-refractivity contribution in [1.82, 2.24) is 5.32 Å². The molecule has 0 heterocycles. The maximum Gasteiger partial charge on any atom is 0.183 e. The molecule has 1 N–H and O–H groups in total. The standard InChI is InChI=1S/C19H43NOSi/c1-5-6-7-8-9-10-11-12-13-14-15-16-17-20-18-19-21-22(2,3)4/h20H,5-19H2,1-4H3. The molecule has 22 heavy (non-hydrogen) atoms.